The van der Waals surface area contributed by atoms with Crippen LogP contribution in [0.15, 0.2) is 36.4 Å². The van der Waals surface area contributed by atoms with Crippen LogP contribution in [0.3, 0.4) is 0 Å². The topological polar surface area (TPSA) is 296 Å². The van der Waals surface area contributed by atoms with Gasteiger partial charge in [-0.05, 0) is 36.4 Å². The van der Waals surface area contributed by atoms with Gasteiger partial charge in [0, 0.05) is 39.3 Å². The van der Waals surface area contributed by atoms with Crippen LogP contribution in [0.1, 0.15) is 62.1 Å². The van der Waals surface area contributed by atoms with Crippen LogP contribution in [0.2, 0.25) is 0 Å². The number of hydrogen-bond donors (Lipinski definition) is 12. The second-order valence-electron chi connectivity index (χ2n) is 10.1. The fourth-order valence-corrected chi connectivity index (χ4v) is 4.47. The van der Waals surface area contributed by atoms with E-state index in [9.17, 15) is 59.4 Å². The number of phenols is 6. The van der Waals surface area contributed by atoms with Gasteiger partial charge in [0.05, 0.1) is 33.4 Å². The van der Waals surface area contributed by atoms with E-state index in [4.69, 9.17) is 0 Å². The molecule has 0 saturated carbocycles. The third kappa shape index (κ3) is 7.22. The molecule has 3 aromatic carbocycles. The zero-order chi connectivity index (χ0) is 35.1. The highest BCUT2D eigenvalue weighted by Gasteiger charge is 2.24. The molecule has 7 rings (SSSR count). The maximum absolute atomic E-state index is 12.6. The third-order valence-corrected chi connectivity index (χ3v) is 7.01. The summed E-state index contributed by atoms with van der Waals surface area (Å²) in [6.07, 6.45) is 0. The predicted molar refractivity (Wildman–Crippen MR) is 163 cm³/mol. The first-order valence-electron chi connectivity index (χ1n) is 14.2. The van der Waals surface area contributed by atoms with Crippen LogP contribution in [0.5, 0.6) is 34.5 Å². The van der Waals surface area contributed by atoms with Crippen molar-refractivity contribution in [1.82, 2.24) is 31.9 Å². The molecule has 0 spiro atoms. The molecule has 0 unspecified atom stereocenters. The Bertz CT molecular complexity index is 1490. The van der Waals surface area contributed by atoms with Gasteiger partial charge >= 0.3 is 0 Å². The minimum Gasteiger partial charge on any atom is -0.504 e. The first-order valence-corrected chi connectivity index (χ1v) is 14.2. The van der Waals surface area contributed by atoms with E-state index in [0.29, 0.717) is 0 Å². The van der Waals surface area contributed by atoms with Crippen LogP contribution >= 0.6 is 0 Å². The first-order chi connectivity index (χ1) is 22.8. The Morgan fingerprint density at radius 1 is 0.292 bits per heavy atom. The molecule has 48 heavy (non-hydrogen) atoms. The average Bonchev–Trinajstić information content (AvgIpc) is 3.05. The van der Waals surface area contributed by atoms with Crippen molar-refractivity contribution in [3.05, 3.63) is 69.8 Å². The standard InChI is InChI=1S/C30H30N6O12/c37-19-13-1-2-14(20(19)38)26(44)32-9-10-34-28(46)16-5-6-18(24(42)22(16)40)30(48)36-12-11-35-29(47)17-4-3-15(21(39)23(17)41)27(45)33-8-7-31-25(13)43/h1-6,37-42H,7-12H2,(H,31,43)(H,32,44)(H,33,45)(H,34,46)(H,35,47)(H,36,48). The number of aromatic hydroxyl groups is 6. The van der Waals surface area contributed by atoms with Crippen molar-refractivity contribution in [2.45, 2.75) is 0 Å². The van der Waals surface area contributed by atoms with Gasteiger partial charge in [-0.1, -0.05) is 0 Å². The predicted octanol–water partition coefficient (Wildman–Crippen LogP) is -1.29. The summed E-state index contributed by atoms with van der Waals surface area (Å²) in [7, 11) is 0. The van der Waals surface area contributed by atoms with Crippen LogP contribution in [0, 0.1) is 0 Å². The van der Waals surface area contributed by atoms with Crippen molar-refractivity contribution < 1.29 is 59.4 Å². The second kappa shape index (κ2) is 14.6. The normalized spacial score (nSPS) is 15.5. The molecule has 4 aliphatic rings. The van der Waals surface area contributed by atoms with E-state index in [-0.39, 0.29) is 39.3 Å². The lowest BCUT2D eigenvalue weighted by molar-refractivity contribution is 0.0918. The van der Waals surface area contributed by atoms with Crippen molar-refractivity contribution in [1.29, 1.82) is 0 Å². The number of carbonyl (C=O) groups is 6. The fraction of sp³-hybridized carbons (Fsp3) is 0.200. The Kier molecular flexibility index (Phi) is 10.4. The minimum atomic E-state index is -0.908. The molecule has 12 N–H and O–H groups in total. The maximum atomic E-state index is 12.6. The molecule has 4 aliphatic heterocycles. The molecule has 18 nitrogen and oxygen atoms in total. The van der Waals surface area contributed by atoms with E-state index in [0.717, 1.165) is 36.4 Å². The zero-order valence-corrected chi connectivity index (χ0v) is 24.8. The monoisotopic (exact) mass is 666 g/mol. The van der Waals surface area contributed by atoms with Crippen molar-refractivity contribution in [2.75, 3.05) is 39.3 Å². The van der Waals surface area contributed by atoms with Crippen molar-refractivity contribution >= 4 is 35.4 Å². The molecule has 4 heterocycles. The number of benzene rings is 3. The number of hydrogen-bond acceptors (Lipinski definition) is 12. The Balaban J connectivity index is 1.56. The molecule has 0 atom stereocenters. The van der Waals surface area contributed by atoms with Crippen LogP contribution < -0.4 is 31.9 Å². The van der Waals surface area contributed by atoms with Crippen molar-refractivity contribution in [3.63, 3.8) is 0 Å². The quantitative estimate of drug-likeness (QED) is 0.125. The van der Waals surface area contributed by atoms with Crippen LogP contribution in [0.4, 0.5) is 0 Å². The van der Waals surface area contributed by atoms with Crippen LogP contribution in [0.25, 0.3) is 0 Å². The Hall–Kier alpha value is -6.72. The van der Waals surface area contributed by atoms with Crippen LogP contribution in [-0.2, 0) is 0 Å². The highest BCUT2D eigenvalue weighted by Crippen LogP contribution is 2.34. The molecule has 6 bridgehead atoms. The van der Waals surface area contributed by atoms with E-state index in [2.05, 4.69) is 31.9 Å². The molecule has 252 valence electrons. The number of fused-ring (bicyclic) bond motifs is 3. The summed E-state index contributed by atoms with van der Waals surface area (Å²) in [6.45, 7) is -1.14. The number of amides is 6. The van der Waals surface area contributed by atoms with Gasteiger partial charge in [-0.3, -0.25) is 28.8 Å². The molecule has 0 aliphatic carbocycles. The van der Waals surface area contributed by atoms with Crippen molar-refractivity contribution in [3.8, 4) is 34.5 Å². The van der Waals surface area contributed by atoms with Crippen molar-refractivity contribution in [2.24, 2.45) is 0 Å². The highest BCUT2D eigenvalue weighted by molar-refractivity contribution is 6.05. The number of carbonyl (C=O) groups excluding carboxylic acids is 6. The summed E-state index contributed by atoms with van der Waals surface area (Å²) in [5.74, 6) is -10.7. The summed E-state index contributed by atoms with van der Waals surface area (Å²) in [5.41, 5.74) is -2.39. The number of rotatable bonds is 0. The number of nitrogens with one attached hydrogen (secondary N) is 6. The van der Waals surface area contributed by atoms with E-state index in [1.165, 1.54) is 0 Å². The van der Waals surface area contributed by atoms with E-state index in [1.807, 2.05) is 0 Å². The molecular formula is C30H30N6O12. The van der Waals surface area contributed by atoms with Gasteiger partial charge in [0.25, 0.3) is 35.4 Å². The summed E-state index contributed by atoms with van der Waals surface area (Å²) in [5, 5.41) is 76.4. The number of phenolic OH excluding ortho intramolecular Hbond substituents is 6. The molecule has 6 amide bonds. The Morgan fingerprint density at radius 3 is 0.542 bits per heavy atom. The lowest BCUT2D eigenvalue weighted by Crippen LogP contribution is -2.36. The maximum Gasteiger partial charge on any atom is 0.255 e. The third-order valence-electron chi connectivity index (χ3n) is 7.01. The highest BCUT2D eigenvalue weighted by atomic mass is 16.3. The zero-order valence-electron chi connectivity index (χ0n) is 24.8. The summed E-state index contributed by atoms with van der Waals surface area (Å²) in [6, 6.07) is 6.40. The van der Waals surface area contributed by atoms with E-state index in [1.54, 1.807) is 0 Å². The molecule has 0 radical (unpaired) electrons. The summed E-state index contributed by atoms with van der Waals surface area (Å²) >= 11 is 0. The van der Waals surface area contributed by atoms with Gasteiger partial charge in [-0.2, -0.15) is 0 Å². The van der Waals surface area contributed by atoms with Gasteiger partial charge in [0.15, 0.2) is 34.5 Å². The first kappa shape index (κ1) is 34.2. The van der Waals surface area contributed by atoms with Crippen LogP contribution in [-0.4, -0.2) is 105 Å². The van der Waals surface area contributed by atoms with Gasteiger partial charge in [-0.25, -0.2) is 0 Å². The van der Waals surface area contributed by atoms with E-state index >= 15 is 0 Å². The smallest absolute Gasteiger partial charge is 0.255 e. The second-order valence-corrected chi connectivity index (χ2v) is 10.1. The molecule has 18 heteroatoms. The molecule has 0 fully saturated rings. The minimum absolute atomic E-state index is 0.191. The van der Waals surface area contributed by atoms with Gasteiger partial charge in [0.2, 0.25) is 0 Å². The lowest BCUT2D eigenvalue weighted by Gasteiger charge is -2.14. The summed E-state index contributed by atoms with van der Waals surface area (Å²) in [4.78, 5) is 75.4. The fourth-order valence-electron chi connectivity index (χ4n) is 4.47. The average molecular weight is 667 g/mol. The van der Waals surface area contributed by atoms with Gasteiger partial charge in [-0.15, -0.1) is 0 Å². The Labute approximate surface area is 270 Å². The van der Waals surface area contributed by atoms with E-state index < -0.39 is 103 Å². The summed E-state index contributed by atoms with van der Waals surface area (Å²) < 4.78 is 0. The molecule has 0 aromatic heterocycles. The molecule has 3 aromatic rings. The Morgan fingerprint density at radius 2 is 0.417 bits per heavy atom. The largest absolute Gasteiger partial charge is 0.504 e. The van der Waals surface area contributed by atoms with Gasteiger partial charge in [0.1, 0.15) is 0 Å². The molecule has 0 saturated heterocycles. The molecular weight excluding hydrogens is 636 g/mol. The van der Waals surface area contributed by atoms with Gasteiger partial charge < -0.3 is 62.5 Å². The SMILES string of the molecule is O=C1NCCNC(=O)c2ccc(c(O)c2O)C(=O)NCCNC(=O)c2ccc(c(O)c2O)C(=O)NCCNC(=O)c2ccc1c(O)c2O. The lowest BCUT2D eigenvalue weighted by atomic mass is 10.1.